The van der Waals surface area contributed by atoms with E-state index in [4.69, 9.17) is 5.26 Å². The van der Waals surface area contributed by atoms with Gasteiger partial charge in [-0.05, 0) is 18.2 Å². The van der Waals surface area contributed by atoms with E-state index in [2.05, 4.69) is 26.0 Å². The molecule has 0 fully saturated rings. The molecule has 5 heteroatoms. The van der Waals surface area contributed by atoms with Gasteiger partial charge in [-0.3, -0.25) is 9.97 Å². The number of nitriles is 1. The average Bonchev–Trinajstić information content (AvgIpc) is 2.46. The van der Waals surface area contributed by atoms with Crippen molar-refractivity contribution in [3.63, 3.8) is 0 Å². The Morgan fingerprint density at radius 2 is 2.00 bits per heavy atom. The molecule has 18 heavy (non-hydrogen) atoms. The smallest absolute Gasteiger partial charge is 0.180 e. The van der Waals surface area contributed by atoms with Crippen molar-refractivity contribution < 1.29 is 0 Å². The Morgan fingerprint density at radius 3 is 2.89 bits per heavy atom. The summed E-state index contributed by atoms with van der Waals surface area (Å²) >= 11 is 0. The SMILES string of the molecule is N#Cc1cccnc1-c1ncc2ccncc2n1. The second-order valence-electron chi connectivity index (χ2n) is 3.64. The van der Waals surface area contributed by atoms with E-state index in [0.29, 0.717) is 17.1 Å². The zero-order chi connectivity index (χ0) is 12.4. The van der Waals surface area contributed by atoms with Crippen molar-refractivity contribution in [3.05, 3.63) is 48.5 Å². The van der Waals surface area contributed by atoms with Crippen LogP contribution in [0.1, 0.15) is 5.56 Å². The first-order valence-corrected chi connectivity index (χ1v) is 5.31. The predicted molar refractivity (Wildman–Crippen MR) is 65.3 cm³/mol. The van der Waals surface area contributed by atoms with E-state index in [1.54, 1.807) is 36.9 Å². The molecule has 84 valence electrons. The van der Waals surface area contributed by atoms with Crippen LogP contribution < -0.4 is 0 Å². The summed E-state index contributed by atoms with van der Waals surface area (Å²) < 4.78 is 0. The van der Waals surface area contributed by atoms with Crippen LogP contribution in [-0.4, -0.2) is 19.9 Å². The van der Waals surface area contributed by atoms with Gasteiger partial charge in [-0.15, -0.1) is 0 Å². The molecule has 0 N–H and O–H groups in total. The molecule has 3 aromatic rings. The Bertz CT molecular complexity index is 760. The highest BCUT2D eigenvalue weighted by molar-refractivity contribution is 5.78. The Hall–Kier alpha value is -2.87. The number of fused-ring (bicyclic) bond motifs is 1. The molecule has 3 rings (SSSR count). The Labute approximate surface area is 103 Å². The number of hydrogen-bond acceptors (Lipinski definition) is 5. The molecule has 0 bridgehead atoms. The van der Waals surface area contributed by atoms with Gasteiger partial charge in [0.25, 0.3) is 0 Å². The fraction of sp³-hybridized carbons (Fsp3) is 0. The van der Waals surface area contributed by atoms with Crippen LogP contribution in [0, 0.1) is 11.3 Å². The predicted octanol–water partition coefficient (Wildman–Crippen LogP) is 1.96. The number of rotatable bonds is 1. The molecule has 0 atom stereocenters. The molecule has 0 aliphatic rings. The first-order valence-electron chi connectivity index (χ1n) is 5.31. The molecule has 0 aliphatic carbocycles. The van der Waals surface area contributed by atoms with Gasteiger partial charge in [-0.2, -0.15) is 5.26 Å². The van der Waals surface area contributed by atoms with E-state index in [9.17, 15) is 0 Å². The molecule has 0 saturated carbocycles. The maximum Gasteiger partial charge on any atom is 0.180 e. The Balaban J connectivity index is 2.23. The van der Waals surface area contributed by atoms with Gasteiger partial charge in [0, 0.05) is 24.0 Å². The number of pyridine rings is 2. The summed E-state index contributed by atoms with van der Waals surface area (Å²) in [5, 5.41) is 9.94. The van der Waals surface area contributed by atoms with Crippen molar-refractivity contribution in [2.75, 3.05) is 0 Å². The van der Waals surface area contributed by atoms with Crippen LogP contribution in [0.15, 0.2) is 43.0 Å². The van der Waals surface area contributed by atoms with Crippen molar-refractivity contribution in [2.24, 2.45) is 0 Å². The fourth-order valence-electron chi connectivity index (χ4n) is 1.66. The van der Waals surface area contributed by atoms with Gasteiger partial charge in [-0.1, -0.05) is 0 Å². The van der Waals surface area contributed by atoms with Gasteiger partial charge in [-0.25, -0.2) is 9.97 Å². The molecule has 0 aromatic carbocycles. The highest BCUT2D eigenvalue weighted by Gasteiger charge is 2.09. The lowest BCUT2D eigenvalue weighted by molar-refractivity contribution is 1.16. The van der Waals surface area contributed by atoms with Gasteiger partial charge in [0.1, 0.15) is 11.8 Å². The standard InChI is InChI=1S/C13H7N5/c14-6-9-2-1-4-16-12(9)13-17-7-10-3-5-15-8-11(10)18-13/h1-5,7-8H. The minimum absolute atomic E-state index is 0.438. The van der Waals surface area contributed by atoms with Crippen LogP contribution in [0.3, 0.4) is 0 Å². The summed E-state index contributed by atoms with van der Waals surface area (Å²) in [6, 6.07) is 7.33. The number of hydrogen-bond donors (Lipinski definition) is 0. The van der Waals surface area contributed by atoms with Crippen molar-refractivity contribution in [3.8, 4) is 17.6 Å². The van der Waals surface area contributed by atoms with Crippen LogP contribution >= 0.6 is 0 Å². The van der Waals surface area contributed by atoms with Crippen molar-refractivity contribution in [2.45, 2.75) is 0 Å². The molecule has 0 aliphatic heterocycles. The third-order valence-electron chi connectivity index (χ3n) is 2.52. The van der Waals surface area contributed by atoms with E-state index in [-0.39, 0.29) is 0 Å². The highest BCUT2D eigenvalue weighted by atomic mass is 14.9. The van der Waals surface area contributed by atoms with Gasteiger partial charge in [0.15, 0.2) is 5.82 Å². The number of nitrogens with zero attached hydrogens (tertiary/aromatic N) is 5. The molecule has 0 radical (unpaired) electrons. The molecule has 3 heterocycles. The van der Waals surface area contributed by atoms with Crippen LogP contribution in [0.4, 0.5) is 0 Å². The maximum absolute atomic E-state index is 9.04. The van der Waals surface area contributed by atoms with Crippen molar-refractivity contribution in [1.29, 1.82) is 5.26 Å². The molecule has 0 amide bonds. The molecule has 0 saturated heterocycles. The molecule has 0 unspecified atom stereocenters. The summed E-state index contributed by atoms with van der Waals surface area (Å²) in [5.41, 5.74) is 1.68. The zero-order valence-corrected chi connectivity index (χ0v) is 9.28. The first-order chi connectivity index (χ1) is 8.88. The fourth-order valence-corrected chi connectivity index (χ4v) is 1.66. The van der Waals surface area contributed by atoms with Crippen LogP contribution in [0.2, 0.25) is 0 Å². The lowest BCUT2D eigenvalue weighted by Crippen LogP contribution is -1.95. The van der Waals surface area contributed by atoms with Gasteiger partial charge in [0.05, 0.1) is 17.3 Å². The van der Waals surface area contributed by atoms with Gasteiger partial charge < -0.3 is 0 Å². The van der Waals surface area contributed by atoms with E-state index in [1.165, 1.54) is 0 Å². The monoisotopic (exact) mass is 233 g/mol. The second-order valence-corrected chi connectivity index (χ2v) is 3.64. The van der Waals surface area contributed by atoms with E-state index >= 15 is 0 Å². The quantitative estimate of drug-likeness (QED) is 0.642. The molecular weight excluding hydrogens is 226 g/mol. The molecule has 0 spiro atoms. The summed E-state index contributed by atoms with van der Waals surface area (Å²) in [5.74, 6) is 0.438. The molecular formula is C13H7N5. The summed E-state index contributed by atoms with van der Waals surface area (Å²) in [6.07, 6.45) is 6.67. The first kappa shape index (κ1) is 10.3. The Morgan fingerprint density at radius 1 is 1.06 bits per heavy atom. The van der Waals surface area contributed by atoms with Crippen LogP contribution in [0.5, 0.6) is 0 Å². The van der Waals surface area contributed by atoms with Crippen LogP contribution in [0.25, 0.3) is 22.4 Å². The summed E-state index contributed by atoms with van der Waals surface area (Å²) in [4.78, 5) is 16.8. The second kappa shape index (κ2) is 4.18. The third-order valence-corrected chi connectivity index (χ3v) is 2.52. The summed E-state index contributed by atoms with van der Waals surface area (Å²) in [6.45, 7) is 0. The normalized spacial score (nSPS) is 10.2. The molecule has 3 aromatic heterocycles. The van der Waals surface area contributed by atoms with Crippen molar-refractivity contribution in [1.82, 2.24) is 19.9 Å². The molecule has 5 nitrogen and oxygen atoms in total. The zero-order valence-electron chi connectivity index (χ0n) is 9.28. The van der Waals surface area contributed by atoms with Gasteiger partial charge in [0.2, 0.25) is 0 Å². The highest BCUT2D eigenvalue weighted by Crippen LogP contribution is 2.18. The lowest BCUT2D eigenvalue weighted by atomic mass is 10.2. The minimum Gasteiger partial charge on any atom is -0.262 e. The van der Waals surface area contributed by atoms with Gasteiger partial charge >= 0.3 is 0 Å². The van der Waals surface area contributed by atoms with Crippen LogP contribution in [-0.2, 0) is 0 Å². The Kier molecular flexibility index (Phi) is 2.39. The lowest BCUT2D eigenvalue weighted by Gasteiger charge is -2.02. The largest absolute Gasteiger partial charge is 0.262 e. The summed E-state index contributed by atoms with van der Waals surface area (Å²) in [7, 11) is 0. The third kappa shape index (κ3) is 1.66. The topological polar surface area (TPSA) is 75.3 Å². The van der Waals surface area contributed by atoms with Crippen molar-refractivity contribution >= 4 is 10.9 Å². The number of aromatic nitrogens is 4. The van der Waals surface area contributed by atoms with E-state index in [0.717, 1.165) is 10.9 Å². The maximum atomic E-state index is 9.04. The van der Waals surface area contributed by atoms with E-state index < -0.39 is 0 Å². The average molecular weight is 233 g/mol. The minimum atomic E-state index is 0.438. The van der Waals surface area contributed by atoms with E-state index in [1.807, 2.05) is 6.07 Å².